The Morgan fingerprint density at radius 1 is 1.20 bits per heavy atom. The molecule has 0 saturated heterocycles. The largest absolute Gasteiger partial charge is 0.482 e. The number of ether oxygens (including phenoxy) is 1. The SMILES string of the molecule is CN(C)C(=O)NCCNC(=O)COc1ccccc1N. The third-order valence-corrected chi connectivity index (χ3v) is 2.41. The number of anilines is 1. The molecule has 0 heterocycles. The number of amides is 3. The maximum absolute atomic E-state index is 11.5. The number of rotatable bonds is 6. The molecule has 0 spiro atoms. The van der Waals surface area contributed by atoms with E-state index in [1.54, 1.807) is 38.4 Å². The van der Waals surface area contributed by atoms with Crippen molar-refractivity contribution in [2.24, 2.45) is 0 Å². The summed E-state index contributed by atoms with van der Waals surface area (Å²) in [5.41, 5.74) is 6.17. The molecule has 0 saturated carbocycles. The van der Waals surface area contributed by atoms with Crippen molar-refractivity contribution in [2.75, 3.05) is 39.5 Å². The maximum atomic E-state index is 11.5. The standard InChI is InChI=1S/C13H20N4O3/c1-17(2)13(19)16-8-7-15-12(18)9-20-11-6-4-3-5-10(11)14/h3-6H,7-9,14H2,1-2H3,(H,15,18)(H,16,19). The Morgan fingerprint density at radius 3 is 2.50 bits per heavy atom. The van der Waals surface area contributed by atoms with Gasteiger partial charge in [-0.1, -0.05) is 12.1 Å². The van der Waals surface area contributed by atoms with E-state index in [2.05, 4.69) is 10.6 Å². The number of urea groups is 1. The zero-order chi connectivity index (χ0) is 15.0. The first-order chi connectivity index (χ1) is 9.50. The van der Waals surface area contributed by atoms with Crippen LogP contribution in [0.1, 0.15) is 0 Å². The van der Waals surface area contributed by atoms with Crippen LogP contribution >= 0.6 is 0 Å². The Bertz CT molecular complexity index is 463. The molecule has 0 bridgehead atoms. The molecule has 0 radical (unpaired) electrons. The molecule has 1 aromatic carbocycles. The van der Waals surface area contributed by atoms with Crippen LogP contribution in [-0.4, -0.2) is 50.6 Å². The van der Waals surface area contributed by atoms with Crippen LogP contribution in [0, 0.1) is 0 Å². The van der Waals surface area contributed by atoms with Gasteiger partial charge in [0.05, 0.1) is 5.69 Å². The molecule has 0 aliphatic heterocycles. The minimum Gasteiger partial charge on any atom is -0.482 e. The number of nitrogen functional groups attached to an aromatic ring is 1. The van der Waals surface area contributed by atoms with Crippen molar-refractivity contribution < 1.29 is 14.3 Å². The number of nitrogens with one attached hydrogen (secondary N) is 2. The topological polar surface area (TPSA) is 96.7 Å². The number of para-hydroxylation sites is 2. The van der Waals surface area contributed by atoms with E-state index >= 15 is 0 Å². The van der Waals surface area contributed by atoms with Crippen LogP contribution in [0.25, 0.3) is 0 Å². The summed E-state index contributed by atoms with van der Waals surface area (Å²) in [5.74, 6) is 0.205. The fourth-order valence-electron chi connectivity index (χ4n) is 1.34. The van der Waals surface area contributed by atoms with Gasteiger partial charge in [-0.3, -0.25) is 4.79 Å². The summed E-state index contributed by atoms with van der Waals surface area (Å²) in [6.07, 6.45) is 0. The van der Waals surface area contributed by atoms with E-state index < -0.39 is 0 Å². The minimum absolute atomic E-state index is 0.115. The fourth-order valence-corrected chi connectivity index (χ4v) is 1.34. The lowest BCUT2D eigenvalue weighted by Gasteiger charge is -2.12. The van der Waals surface area contributed by atoms with Crippen molar-refractivity contribution in [2.45, 2.75) is 0 Å². The van der Waals surface area contributed by atoms with Gasteiger partial charge in [-0.05, 0) is 12.1 Å². The lowest BCUT2D eigenvalue weighted by molar-refractivity contribution is -0.123. The quantitative estimate of drug-likeness (QED) is 0.506. The highest BCUT2D eigenvalue weighted by Gasteiger charge is 2.05. The Morgan fingerprint density at radius 2 is 1.85 bits per heavy atom. The van der Waals surface area contributed by atoms with Gasteiger partial charge < -0.3 is 26.0 Å². The van der Waals surface area contributed by atoms with E-state index in [0.717, 1.165) is 0 Å². The van der Waals surface area contributed by atoms with Crippen LogP contribution in [0.15, 0.2) is 24.3 Å². The van der Waals surface area contributed by atoms with Gasteiger partial charge in [0, 0.05) is 27.2 Å². The molecule has 20 heavy (non-hydrogen) atoms. The monoisotopic (exact) mass is 280 g/mol. The Balaban J connectivity index is 2.18. The van der Waals surface area contributed by atoms with Gasteiger partial charge in [0.1, 0.15) is 5.75 Å². The second-order valence-electron chi connectivity index (χ2n) is 4.30. The van der Waals surface area contributed by atoms with Crippen LogP contribution in [0.5, 0.6) is 5.75 Å². The first-order valence-corrected chi connectivity index (χ1v) is 6.20. The maximum Gasteiger partial charge on any atom is 0.316 e. The van der Waals surface area contributed by atoms with Gasteiger partial charge in [-0.25, -0.2) is 4.79 Å². The number of carbonyl (C=O) groups excluding carboxylic acids is 2. The summed E-state index contributed by atoms with van der Waals surface area (Å²) in [4.78, 5) is 24.1. The molecule has 7 heteroatoms. The first-order valence-electron chi connectivity index (χ1n) is 6.20. The lowest BCUT2D eigenvalue weighted by atomic mass is 10.3. The second kappa shape index (κ2) is 7.88. The highest BCUT2D eigenvalue weighted by molar-refractivity contribution is 5.78. The van der Waals surface area contributed by atoms with E-state index in [-0.39, 0.29) is 18.5 Å². The zero-order valence-corrected chi connectivity index (χ0v) is 11.7. The summed E-state index contributed by atoms with van der Waals surface area (Å²) in [6, 6.07) is 6.76. The number of hydrogen-bond donors (Lipinski definition) is 3. The Labute approximate surface area is 118 Å². The third-order valence-electron chi connectivity index (χ3n) is 2.41. The summed E-state index contributed by atoms with van der Waals surface area (Å²) >= 11 is 0. The number of nitrogens with zero attached hydrogens (tertiary/aromatic N) is 1. The van der Waals surface area contributed by atoms with Gasteiger partial charge in [0.25, 0.3) is 5.91 Å². The normalized spacial score (nSPS) is 9.70. The molecule has 3 amide bonds. The predicted octanol–water partition coefficient (Wildman–Crippen LogP) is 0.0350. The Hall–Kier alpha value is -2.44. The van der Waals surface area contributed by atoms with E-state index in [1.807, 2.05) is 0 Å². The van der Waals surface area contributed by atoms with Crippen molar-refractivity contribution in [3.05, 3.63) is 24.3 Å². The second-order valence-corrected chi connectivity index (χ2v) is 4.30. The molecule has 1 aromatic rings. The first kappa shape index (κ1) is 15.6. The highest BCUT2D eigenvalue weighted by atomic mass is 16.5. The zero-order valence-electron chi connectivity index (χ0n) is 11.7. The smallest absolute Gasteiger partial charge is 0.316 e. The summed E-state index contributed by atoms with van der Waals surface area (Å²) in [5, 5.41) is 5.26. The minimum atomic E-state index is -0.271. The van der Waals surface area contributed by atoms with Gasteiger partial charge in [-0.2, -0.15) is 0 Å². The highest BCUT2D eigenvalue weighted by Crippen LogP contribution is 2.19. The summed E-state index contributed by atoms with van der Waals surface area (Å²) in [6.45, 7) is 0.581. The van der Waals surface area contributed by atoms with Crippen LogP contribution in [0.3, 0.4) is 0 Å². The number of hydrogen-bond acceptors (Lipinski definition) is 4. The lowest BCUT2D eigenvalue weighted by Crippen LogP contribution is -2.40. The van der Waals surface area contributed by atoms with E-state index in [4.69, 9.17) is 10.5 Å². The van der Waals surface area contributed by atoms with Crippen LogP contribution in [0.4, 0.5) is 10.5 Å². The van der Waals surface area contributed by atoms with Crippen molar-refractivity contribution in [3.8, 4) is 5.75 Å². The van der Waals surface area contributed by atoms with E-state index in [0.29, 0.717) is 24.5 Å². The fraction of sp³-hybridized carbons (Fsp3) is 0.385. The molecule has 0 atom stereocenters. The molecule has 4 N–H and O–H groups in total. The van der Waals surface area contributed by atoms with Crippen molar-refractivity contribution in [1.29, 1.82) is 0 Å². The number of nitrogens with two attached hydrogens (primary N) is 1. The van der Waals surface area contributed by atoms with E-state index in [9.17, 15) is 9.59 Å². The van der Waals surface area contributed by atoms with Crippen LogP contribution in [0.2, 0.25) is 0 Å². The molecule has 0 fully saturated rings. The summed E-state index contributed by atoms with van der Waals surface area (Å²) < 4.78 is 5.28. The van der Waals surface area contributed by atoms with Crippen LogP contribution < -0.4 is 21.1 Å². The molecular weight excluding hydrogens is 260 g/mol. The molecular formula is C13H20N4O3. The predicted molar refractivity (Wildman–Crippen MR) is 76.4 cm³/mol. The van der Waals surface area contributed by atoms with E-state index in [1.165, 1.54) is 4.90 Å². The molecule has 0 unspecified atom stereocenters. The average molecular weight is 280 g/mol. The molecule has 0 aliphatic carbocycles. The molecule has 0 aliphatic rings. The van der Waals surface area contributed by atoms with Gasteiger partial charge >= 0.3 is 6.03 Å². The van der Waals surface area contributed by atoms with Crippen molar-refractivity contribution >= 4 is 17.6 Å². The molecule has 0 aromatic heterocycles. The van der Waals surface area contributed by atoms with Gasteiger partial charge in [0.15, 0.2) is 6.61 Å². The van der Waals surface area contributed by atoms with Crippen LogP contribution in [-0.2, 0) is 4.79 Å². The van der Waals surface area contributed by atoms with Crippen molar-refractivity contribution in [1.82, 2.24) is 15.5 Å². The molecule has 7 nitrogen and oxygen atoms in total. The third kappa shape index (κ3) is 5.47. The molecule has 110 valence electrons. The van der Waals surface area contributed by atoms with Crippen molar-refractivity contribution in [3.63, 3.8) is 0 Å². The van der Waals surface area contributed by atoms with Gasteiger partial charge in [-0.15, -0.1) is 0 Å². The number of carbonyl (C=O) groups is 2. The number of benzene rings is 1. The molecule has 1 rings (SSSR count). The van der Waals surface area contributed by atoms with Gasteiger partial charge in [0.2, 0.25) is 0 Å². The average Bonchev–Trinajstić information content (AvgIpc) is 2.42. The Kier molecular flexibility index (Phi) is 6.15. The summed E-state index contributed by atoms with van der Waals surface area (Å²) in [7, 11) is 3.29.